The Kier molecular flexibility index (Phi) is 9.13. The number of nitrogens with zero attached hydrogens (tertiary/aromatic N) is 1. The second kappa shape index (κ2) is 12.1. The molecule has 0 atom stereocenters. The first-order valence-electron chi connectivity index (χ1n) is 11.6. The largest absolute Gasteiger partial charge is 0.493 e. The van der Waals surface area contributed by atoms with Gasteiger partial charge < -0.3 is 25.4 Å². The van der Waals surface area contributed by atoms with Crippen LogP contribution < -0.4 is 20.5 Å². The zero-order valence-corrected chi connectivity index (χ0v) is 22.1. The number of nitrogens with two attached hydrogens (primary N) is 1. The quantitative estimate of drug-likeness (QED) is 0.369. The van der Waals surface area contributed by atoms with Gasteiger partial charge in [-0.05, 0) is 72.1 Å². The van der Waals surface area contributed by atoms with Gasteiger partial charge in [-0.2, -0.15) is 0 Å². The highest BCUT2D eigenvalue weighted by Crippen LogP contribution is 2.29. The van der Waals surface area contributed by atoms with Crippen LogP contribution in [0.25, 0.3) is 0 Å². The minimum absolute atomic E-state index is 0.137. The van der Waals surface area contributed by atoms with Crippen molar-refractivity contribution in [1.82, 2.24) is 4.90 Å². The summed E-state index contributed by atoms with van der Waals surface area (Å²) in [6.07, 6.45) is 0. The number of carbonyl (C=O) groups is 2. The monoisotopic (exact) mass is 527 g/mol. The maximum absolute atomic E-state index is 13.8. The SMILES string of the molecule is COc1ccc(C(=O)Nc2ccc(Cl)c(CN(CC(C)(C)CN)C(=O)c3cccc(F)c3)c2)cc1OC. The molecule has 0 unspecified atom stereocenters. The van der Waals surface area contributed by atoms with Crippen molar-refractivity contribution in [2.75, 3.05) is 32.6 Å². The van der Waals surface area contributed by atoms with Crippen LogP contribution in [0, 0.1) is 11.2 Å². The third-order valence-electron chi connectivity index (χ3n) is 5.84. The lowest BCUT2D eigenvalue weighted by molar-refractivity contribution is 0.0672. The summed E-state index contributed by atoms with van der Waals surface area (Å²) in [6.45, 7) is 4.69. The molecule has 0 fully saturated rings. The molecule has 3 rings (SSSR count). The summed E-state index contributed by atoms with van der Waals surface area (Å²) in [5.74, 6) is -0.262. The number of benzene rings is 3. The molecule has 0 aromatic heterocycles. The minimum atomic E-state index is -0.498. The van der Waals surface area contributed by atoms with Crippen molar-refractivity contribution in [3.63, 3.8) is 0 Å². The third-order valence-corrected chi connectivity index (χ3v) is 6.21. The van der Waals surface area contributed by atoms with Gasteiger partial charge >= 0.3 is 0 Å². The van der Waals surface area contributed by atoms with Crippen molar-refractivity contribution in [1.29, 1.82) is 0 Å². The van der Waals surface area contributed by atoms with Crippen molar-refractivity contribution < 1.29 is 23.5 Å². The molecule has 0 saturated heterocycles. The number of amides is 2. The van der Waals surface area contributed by atoms with Crippen molar-refractivity contribution >= 4 is 29.1 Å². The number of hydrogen-bond acceptors (Lipinski definition) is 5. The summed E-state index contributed by atoms with van der Waals surface area (Å²) in [5.41, 5.74) is 7.24. The smallest absolute Gasteiger partial charge is 0.255 e. The van der Waals surface area contributed by atoms with E-state index in [2.05, 4.69) is 5.32 Å². The Hall–Kier alpha value is -3.62. The van der Waals surface area contributed by atoms with Crippen LogP contribution in [0.1, 0.15) is 40.1 Å². The van der Waals surface area contributed by atoms with Crippen LogP contribution in [0.15, 0.2) is 60.7 Å². The van der Waals surface area contributed by atoms with Crippen molar-refractivity contribution in [2.45, 2.75) is 20.4 Å². The Labute approximate surface area is 221 Å². The van der Waals surface area contributed by atoms with E-state index in [1.807, 2.05) is 13.8 Å². The van der Waals surface area contributed by atoms with E-state index in [1.165, 1.54) is 32.4 Å². The molecule has 0 bridgehead atoms. The molecule has 2 amide bonds. The minimum Gasteiger partial charge on any atom is -0.493 e. The molecule has 0 saturated carbocycles. The number of rotatable bonds is 10. The lowest BCUT2D eigenvalue weighted by atomic mass is 9.92. The molecule has 0 radical (unpaired) electrons. The van der Waals surface area contributed by atoms with Crippen LogP contribution in [0.5, 0.6) is 11.5 Å². The Morgan fingerprint density at radius 2 is 1.73 bits per heavy atom. The second-order valence-electron chi connectivity index (χ2n) is 9.37. The van der Waals surface area contributed by atoms with Gasteiger partial charge in [0, 0.05) is 34.9 Å². The lowest BCUT2D eigenvalue weighted by Crippen LogP contribution is -2.41. The molecule has 0 aliphatic rings. The normalized spacial score (nSPS) is 11.1. The number of hydrogen-bond donors (Lipinski definition) is 2. The summed E-state index contributed by atoms with van der Waals surface area (Å²) >= 11 is 6.48. The molecule has 3 N–H and O–H groups in total. The van der Waals surface area contributed by atoms with Crippen molar-refractivity contribution in [2.24, 2.45) is 11.1 Å². The van der Waals surface area contributed by atoms with Crippen LogP contribution in [0.2, 0.25) is 5.02 Å². The molecule has 3 aromatic rings. The molecular formula is C28H31ClFN3O4. The third kappa shape index (κ3) is 7.21. The molecule has 196 valence electrons. The number of anilines is 1. The second-order valence-corrected chi connectivity index (χ2v) is 9.78. The van der Waals surface area contributed by atoms with Crippen LogP contribution in [0.3, 0.4) is 0 Å². The van der Waals surface area contributed by atoms with Crippen LogP contribution in [-0.4, -0.2) is 44.0 Å². The fraction of sp³-hybridized carbons (Fsp3) is 0.286. The van der Waals surface area contributed by atoms with Gasteiger partial charge in [0.05, 0.1) is 14.2 Å². The maximum Gasteiger partial charge on any atom is 0.255 e. The van der Waals surface area contributed by atoms with E-state index in [0.717, 1.165) is 0 Å². The lowest BCUT2D eigenvalue weighted by Gasteiger charge is -2.32. The topological polar surface area (TPSA) is 93.9 Å². The molecule has 0 spiro atoms. The molecule has 3 aromatic carbocycles. The van der Waals surface area contributed by atoms with Gasteiger partial charge in [-0.1, -0.05) is 31.5 Å². The van der Waals surface area contributed by atoms with E-state index in [1.54, 1.807) is 47.4 Å². The van der Waals surface area contributed by atoms with Gasteiger partial charge in [0.15, 0.2) is 11.5 Å². The van der Waals surface area contributed by atoms with Crippen LogP contribution in [0.4, 0.5) is 10.1 Å². The Bertz CT molecular complexity index is 1280. The predicted octanol–water partition coefficient (Wildman–Crippen LogP) is 5.38. The average Bonchev–Trinajstić information content (AvgIpc) is 2.89. The van der Waals surface area contributed by atoms with Gasteiger partial charge in [-0.25, -0.2) is 4.39 Å². The highest BCUT2D eigenvalue weighted by Gasteiger charge is 2.26. The number of nitrogens with one attached hydrogen (secondary N) is 1. The zero-order chi connectivity index (χ0) is 27.2. The highest BCUT2D eigenvalue weighted by atomic mass is 35.5. The van der Waals surface area contributed by atoms with Crippen molar-refractivity contribution in [3.05, 3.63) is 88.2 Å². The number of halogens is 2. The number of carbonyl (C=O) groups excluding carboxylic acids is 2. The highest BCUT2D eigenvalue weighted by molar-refractivity contribution is 6.31. The molecule has 0 aliphatic heterocycles. The molecule has 9 heteroatoms. The summed E-state index contributed by atoms with van der Waals surface area (Å²) in [6, 6.07) is 15.4. The Morgan fingerprint density at radius 1 is 1.00 bits per heavy atom. The Morgan fingerprint density at radius 3 is 2.38 bits per heavy atom. The fourth-order valence-corrected chi connectivity index (χ4v) is 3.92. The fourth-order valence-electron chi connectivity index (χ4n) is 3.74. The van der Waals surface area contributed by atoms with E-state index < -0.39 is 11.2 Å². The van der Waals surface area contributed by atoms with Gasteiger partial charge in [0.25, 0.3) is 11.8 Å². The van der Waals surface area contributed by atoms with Gasteiger partial charge in [-0.15, -0.1) is 0 Å². The molecule has 37 heavy (non-hydrogen) atoms. The van der Waals surface area contributed by atoms with Gasteiger partial charge in [0.1, 0.15) is 5.82 Å². The first-order chi connectivity index (χ1) is 17.6. The summed E-state index contributed by atoms with van der Waals surface area (Å²) in [7, 11) is 3.01. The first-order valence-corrected chi connectivity index (χ1v) is 12.0. The predicted molar refractivity (Wildman–Crippen MR) is 143 cm³/mol. The van der Waals surface area contributed by atoms with E-state index in [0.29, 0.717) is 46.4 Å². The zero-order valence-electron chi connectivity index (χ0n) is 21.3. The first kappa shape index (κ1) is 28.0. The standard InChI is InChI=1S/C28H31ClFN3O4/c1-28(2,16-31)17-33(27(35)19-6-5-7-21(30)12-19)15-20-13-22(9-10-23(20)29)32-26(34)18-8-11-24(36-3)25(14-18)37-4/h5-14H,15-17,31H2,1-4H3,(H,32,34). The van der Waals surface area contributed by atoms with Gasteiger partial charge in [-0.3, -0.25) is 9.59 Å². The number of methoxy groups -OCH3 is 2. The number of ether oxygens (including phenoxy) is 2. The van der Waals surface area contributed by atoms with Gasteiger partial charge in [0.2, 0.25) is 0 Å². The summed E-state index contributed by atoms with van der Waals surface area (Å²) < 4.78 is 24.3. The molecular weight excluding hydrogens is 497 g/mol. The van der Waals surface area contributed by atoms with Crippen LogP contribution in [-0.2, 0) is 6.54 Å². The Balaban J connectivity index is 1.87. The van der Waals surface area contributed by atoms with E-state index in [-0.39, 0.29) is 23.9 Å². The maximum atomic E-state index is 13.8. The average molecular weight is 528 g/mol. The molecule has 7 nitrogen and oxygen atoms in total. The summed E-state index contributed by atoms with van der Waals surface area (Å²) in [5, 5.41) is 3.27. The summed E-state index contributed by atoms with van der Waals surface area (Å²) in [4.78, 5) is 27.8. The van der Waals surface area contributed by atoms with Crippen molar-refractivity contribution in [3.8, 4) is 11.5 Å². The molecule has 0 heterocycles. The molecule has 0 aliphatic carbocycles. The van der Waals surface area contributed by atoms with Crippen LogP contribution >= 0.6 is 11.6 Å². The van der Waals surface area contributed by atoms with E-state index >= 15 is 0 Å². The van der Waals surface area contributed by atoms with E-state index in [9.17, 15) is 14.0 Å². The van der Waals surface area contributed by atoms with E-state index in [4.69, 9.17) is 26.8 Å².